The van der Waals surface area contributed by atoms with Crippen molar-refractivity contribution in [3.8, 4) is 0 Å². The van der Waals surface area contributed by atoms with E-state index in [9.17, 15) is 9.59 Å². The minimum absolute atomic E-state index is 0.0350. The number of carbonyl (C=O) groups is 2. The van der Waals surface area contributed by atoms with Crippen molar-refractivity contribution in [2.45, 2.75) is 38.3 Å². The second-order valence-electron chi connectivity index (χ2n) is 7.49. The van der Waals surface area contributed by atoms with E-state index in [0.29, 0.717) is 34.7 Å². The van der Waals surface area contributed by atoms with Crippen LogP contribution < -0.4 is 16.0 Å². The van der Waals surface area contributed by atoms with Crippen LogP contribution >= 0.6 is 0 Å². The Morgan fingerprint density at radius 1 is 1.23 bits per heavy atom. The molecular formula is C20H20N8O2. The van der Waals surface area contributed by atoms with Gasteiger partial charge in [0.05, 0.1) is 18.7 Å². The molecule has 0 spiro atoms. The quantitative estimate of drug-likeness (QED) is 0.419. The molecule has 2 amide bonds. The van der Waals surface area contributed by atoms with Gasteiger partial charge in [0.15, 0.2) is 5.65 Å². The number of anilines is 2. The van der Waals surface area contributed by atoms with Gasteiger partial charge in [0.25, 0.3) is 5.91 Å². The van der Waals surface area contributed by atoms with E-state index in [1.165, 1.54) is 0 Å². The van der Waals surface area contributed by atoms with Crippen LogP contribution in [0.2, 0.25) is 0 Å². The van der Waals surface area contributed by atoms with Gasteiger partial charge in [-0.05, 0) is 43.5 Å². The minimum atomic E-state index is -0.380. The number of hydrogen-bond acceptors (Lipinski definition) is 8. The fourth-order valence-electron chi connectivity index (χ4n) is 3.30. The van der Waals surface area contributed by atoms with Gasteiger partial charge in [0, 0.05) is 29.6 Å². The van der Waals surface area contributed by atoms with Crippen molar-refractivity contribution in [3.63, 3.8) is 0 Å². The van der Waals surface area contributed by atoms with Crippen molar-refractivity contribution < 1.29 is 9.59 Å². The Bertz CT molecular complexity index is 1170. The number of carbonyl (C=O) groups excluding carboxylic acids is 2. The summed E-state index contributed by atoms with van der Waals surface area (Å²) in [7, 11) is 0. The Labute approximate surface area is 171 Å². The molecule has 2 fully saturated rings. The van der Waals surface area contributed by atoms with Gasteiger partial charge < -0.3 is 10.6 Å². The first-order valence-electron chi connectivity index (χ1n) is 9.80. The highest BCUT2D eigenvalue weighted by Gasteiger charge is 2.26. The lowest BCUT2D eigenvalue weighted by Gasteiger charge is -2.15. The van der Waals surface area contributed by atoms with Gasteiger partial charge >= 0.3 is 0 Å². The van der Waals surface area contributed by atoms with Gasteiger partial charge in [-0.2, -0.15) is 19.6 Å². The van der Waals surface area contributed by atoms with Crippen LogP contribution in [0.15, 0.2) is 36.3 Å². The van der Waals surface area contributed by atoms with Crippen LogP contribution in [-0.2, 0) is 9.59 Å². The molecule has 3 aromatic heterocycles. The fourth-order valence-corrected chi connectivity index (χ4v) is 3.30. The Hall–Kier alpha value is -3.82. The highest BCUT2D eigenvalue weighted by molar-refractivity contribution is 6.15. The van der Waals surface area contributed by atoms with Crippen LogP contribution in [0, 0.1) is 0 Å². The topological polar surface area (TPSA) is 126 Å². The maximum atomic E-state index is 11.9. The largest absolute Gasteiger partial charge is 0.351 e. The summed E-state index contributed by atoms with van der Waals surface area (Å²) in [6.07, 6.45) is 9.00. The van der Waals surface area contributed by atoms with Gasteiger partial charge in [-0.15, -0.1) is 0 Å². The molecule has 10 nitrogen and oxygen atoms in total. The van der Waals surface area contributed by atoms with E-state index < -0.39 is 0 Å². The van der Waals surface area contributed by atoms with Crippen LogP contribution in [0.4, 0.5) is 11.9 Å². The average molecular weight is 404 g/mol. The van der Waals surface area contributed by atoms with Crippen molar-refractivity contribution in [1.82, 2.24) is 29.9 Å². The van der Waals surface area contributed by atoms with Crippen molar-refractivity contribution >= 4 is 35.4 Å². The van der Waals surface area contributed by atoms with E-state index in [0.717, 1.165) is 18.4 Å². The first-order valence-corrected chi connectivity index (χ1v) is 9.80. The van der Waals surface area contributed by atoms with Gasteiger partial charge in [0.1, 0.15) is 0 Å². The highest BCUT2D eigenvalue weighted by Crippen LogP contribution is 2.27. The lowest BCUT2D eigenvalue weighted by molar-refractivity contribution is -0.124. The number of rotatable bonds is 6. The minimum Gasteiger partial charge on any atom is -0.351 e. The molecule has 3 N–H and O–H groups in total. The number of nitrogens with one attached hydrogen (secondary N) is 3. The molecule has 1 aliphatic heterocycles. The number of pyridine rings is 1. The second-order valence-corrected chi connectivity index (χ2v) is 7.49. The van der Waals surface area contributed by atoms with Gasteiger partial charge in [-0.25, -0.2) is 0 Å². The third-order valence-electron chi connectivity index (χ3n) is 5.08. The lowest BCUT2D eigenvalue weighted by atomic mass is 10.1. The molecule has 4 heterocycles. The predicted octanol–water partition coefficient (Wildman–Crippen LogP) is 1.70. The fraction of sp³-hybridized carbons (Fsp3) is 0.300. The third-order valence-corrected chi connectivity index (χ3v) is 5.08. The van der Waals surface area contributed by atoms with Crippen molar-refractivity contribution in [2.24, 2.45) is 0 Å². The van der Waals surface area contributed by atoms with Crippen LogP contribution in [0.1, 0.15) is 43.4 Å². The summed E-state index contributed by atoms with van der Waals surface area (Å²) in [5, 5.41) is 13.4. The standard InChI is InChI=1S/C20H20N8O2/c1-11(12-4-6-21-7-5-12)23-19-26-17-14(8-13-9-16(29)25-18(13)30)10-22-28(17)20(27-19)24-15-2-3-15/h4-8,10-11,15H,2-3,9H2,1H3,(H,25,29,30)(H2,23,24,26,27)/b13-8+. The Kier molecular flexibility index (Phi) is 4.38. The van der Waals surface area contributed by atoms with Gasteiger partial charge in [0.2, 0.25) is 17.8 Å². The van der Waals surface area contributed by atoms with Crippen molar-refractivity contribution in [3.05, 3.63) is 47.4 Å². The molecule has 5 rings (SSSR count). The molecule has 0 bridgehead atoms. The predicted molar refractivity (Wildman–Crippen MR) is 109 cm³/mol. The lowest BCUT2D eigenvalue weighted by Crippen LogP contribution is -2.19. The summed E-state index contributed by atoms with van der Waals surface area (Å²) in [6, 6.07) is 4.21. The number of fused-ring (bicyclic) bond motifs is 1. The normalized spacial score (nSPS) is 18.6. The maximum absolute atomic E-state index is 11.9. The Morgan fingerprint density at radius 2 is 2.03 bits per heavy atom. The monoisotopic (exact) mass is 404 g/mol. The summed E-state index contributed by atoms with van der Waals surface area (Å²) in [4.78, 5) is 36.8. The molecule has 0 radical (unpaired) electrons. The highest BCUT2D eigenvalue weighted by atomic mass is 16.2. The summed E-state index contributed by atoms with van der Waals surface area (Å²) in [5.41, 5.74) is 2.65. The van der Waals surface area contributed by atoms with Gasteiger partial charge in [-0.3, -0.25) is 19.9 Å². The summed E-state index contributed by atoms with van der Waals surface area (Å²) in [6.45, 7) is 2.02. The average Bonchev–Trinajstić information content (AvgIpc) is 3.37. The van der Waals surface area contributed by atoms with E-state index in [4.69, 9.17) is 0 Å². The first kappa shape index (κ1) is 18.2. The van der Waals surface area contributed by atoms with Crippen LogP contribution in [0.3, 0.4) is 0 Å². The number of amides is 2. The van der Waals surface area contributed by atoms with Crippen LogP contribution in [0.25, 0.3) is 11.7 Å². The van der Waals surface area contributed by atoms with Crippen molar-refractivity contribution in [2.75, 3.05) is 10.6 Å². The summed E-state index contributed by atoms with van der Waals surface area (Å²) in [5.74, 6) is 0.349. The molecule has 1 atom stereocenters. The van der Waals surface area contributed by atoms with E-state index in [2.05, 4.69) is 36.0 Å². The molecule has 1 saturated heterocycles. The first-order chi connectivity index (χ1) is 14.6. The molecule has 2 aliphatic rings. The zero-order valence-corrected chi connectivity index (χ0v) is 16.3. The molecule has 152 valence electrons. The second kappa shape index (κ2) is 7.21. The smallest absolute Gasteiger partial charge is 0.254 e. The number of aromatic nitrogens is 5. The Balaban J connectivity index is 1.53. The molecule has 3 aromatic rings. The zero-order valence-electron chi connectivity index (χ0n) is 16.3. The van der Waals surface area contributed by atoms with Gasteiger partial charge in [-0.1, -0.05) is 0 Å². The zero-order chi connectivity index (χ0) is 20.7. The van der Waals surface area contributed by atoms with Crippen molar-refractivity contribution in [1.29, 1.82) is 0 Å². The Morgan fingerprint density at radius 3 is 2.73 bits per heavy atom. The van der Waals surface area contributed by atoms with E-state index in [-0.39, 0.29) is 24.3 Å². The van der Waals surface area contributed by atoms with E-state index >= 15 is 0 Å². The molecule has 0 aromatic carbocycles. The van der Waals surface area contributed by atoms with Crippen LogP contribution in [-0.4, -0.2) is 42.4 Å². The third kappa shape index (κ3) is 3.59. The molecule has 1 unspecified atom stereocenters. The SMILES string of the molecule is CC(Nc1nc(NC2CC2)n2ncc(/C=C3\CC(=O)NC3=O)c2n1)c1ccncc1. The molecule has 1 aliphatic carbocycles. The molecule has 10 heteroatoms. The van der Waals surface area contributed by atoms with Crippen LogP contribution in [0.5, 0.6) is 0 Å². The summed E-state index contributed by atoms with van der Waals surface area (Å²) >= 11 is 0. The van der Waals surface area contributed by atoms with E-state index in [1.54, 1.807) is 29.2 Å². The maximum Gasteiger partial charge on any atom is 0.254 e. The number of hydrogen-bond donors (Lipinski definition) is 3. The number of imide groups is 1. The molecule has 30 heavy (non-hydrogen) atoms. The molecular weight excluding hydrogens is 384 g/mol. The summed E-state index contributed by atoms with van der Waals surface area (Å²) < 4.78 is 1.63. The molecule has 1 saturated carbocycles. The number of nitrogens with zero attached hydrogens (tertiary/aromatic N) is 5. The van der Waals surface area contributed by atoms with E-state index in [1.807, 2.05) is 19.1 Å².